The highest BCUT2D eigenvalue weighted by Gasteiger charge is 2.31. The second-order valence-electron chi connectivity index (χ2n) is 7.77. The molecular weight excluding hydrogens is 422 g/mol. The van der Waals surface area contributed by atoms with Crippen molar-refractivity contribution in [2.75, 3.05) is 17.2 Å². The number of benzene rings is 1. The number of aromatic nitrogens is 4. The average Bonchev–Trinajstić information content (AvgIpc) is 3.21. The fourth-order valence-corrected chi connectivity index (χ4v) is 3.91. The summed E-state index contributed by atoms with van der Waals surface area (Å²) in [7, 11) is 0. The number of carbonyl (C=O) groups excluding carboxylic acids is 1. The van der Waals surface area contributed by atoms with Gasteiger partial charge < -0.3 is 27.2 Å². The Balaban J connectivity index is 1.68. The summed E-state index contributed by atoms with van der Waals surface area (Å²) in [4.78, 5) is 16.2. The van der Waals surface area contributed by atoms with Crippen LogP contribution in [-0.4, -0.2) is 49.5 Å². The summed E-state index contributed by atoms with van der Waals surface area (Å²) in [6.45, 7) is -1.34. The SMILES string of the molecule is NC(=O)c1nnc(N[C@@H]2CCCC[C@@H]2N)nc1Nc1cccc2c1ccn2C(F)(F)CO. The molecule has 0 radical (unpaired) electrons. The van der Waals surface area contributed by atoms with Crippen LogP contribution >= 0.6 is 0 Å². The molecule has 3 aromatic rings. The lowest BCUT2D eigenvalue weighted by Gasteiger charge is -2.29. The van der Waals surface area contributed by atoms with Crippen molar-refractivity contribution in [3.8, 4) is 0 Å². The van der Waals surface area contributed by atoms with Crippen LogP contribution in [0.4, 0.5) is 26.2 Å². The summed E-state index contributed by atoms with van der Waals surface area (Å²) < 4.78 is 28.8. The number of nitrogens with two attached hydrogens (primary N) is 2. The summed E-state index contributed by atoms with van der Waals surface area (Å²) in [6, 6.07) is 2.62. The van der Waals surface area contributed by atoms with Crippen LogP contribution in [0.1, 0.15) is 36.2 Å². The number of rotatable bonds is 7. The van der Waals surface area contributed by atoms with E-state index in [2.05, 4.69) is 25.8 Å². The molecule has 1 aliphatic rings. The first-order chi connectivity index (χ1) is 15.3. The molecule has 0 spiro atoms. The van der Waals surface area contributed by atoms with E-state index in [9.17, 15) is 13.6 Å². The van der Waals surface area contributed by atoms with Gasteiger partial charge in [0.2, 0.25) is 5.95 Å². The van der Waals surface area contributed by atoms with Crippen molar-refractivity contribution in [2.45, 2.75) is 43.8 Å². The quantitative estimate of drug-likeness (QED) is 0.368. The van der Waals surface area contributed by atoms with E-state index >= 15 is 0 Å². The normalized spacial score (nSPS) is 19.1. The molecular formula is C20H24F2N8O2. The molecule has 32 heavy (non-hydrogen) atoms. The zero-order valence-corrected chi connectivity index (χ0v) is 17.1. The standard InChI is InChI=1S/C20H24F2N8O2/c21-20(22,10-31)30-9-8-11-13(6-3-7-15(11)30)25-18-16(17(24)32)28-29-19(27-18)26-14-5-2-1-4-12(14)23/h3,6-9,12,14,31H,1-2,4-5,10,23H2,(H2,24,32)(H2,25,26,27,29)/t12-,14+/m0/s1. The number of carbonyl (C=O) groups is 1. The van der Waals surface area contributed by atoms with Crippen molar-refractivity contribution in [2.24, 2.45) is 11.5 Å². The molecule has 0 bridgehead atoms. The van der Waals surface area contributed by atoms with Gasteiger partial charge in [0.15, 0.2) is 11.5 Å². The van der Waals surface area contributed by atoms with Gasteiger partial charge in [0.05, 0.1) is 5.52 Å². The van der Waals surface area contributed by atoms with Gasteiger partial charge in [-0.05, 0) is 31.0 Å². The number of hydrogen-bond donors (Lipinski definition) is 5. The van der Waals surface area contributed by atoms with Crippen LogP contribution in [0.5, 0.6) is 0 Å². The average molecular weight is 446 g/mol. The van der Waals surface area contributed by atoms with Crippen LogP contribution in [0.15, 0.2) is 30.5 Å². The monoisotopic (exact) mass is 446 g/mol. The van der Waals surface area contributed by atoms with E-state index in [0.717, 1.165) is 25.7 Å². The highest BCUT2D eigenvalue weighted by Crippen LogP contribution is 2.32. The van der Waals surface area contributed by atoms with Crippen molar-refractivity contribution in [3.05, 3.63) is 36.2 Å². The summed E-state index contributed by atoms with van der Waals surface area (Å²) in [6.07, 6.45) is 5.01. The summed E-state index contributed by atoms with van der Waals surface area (Å²) in [5.41, 5.74) is 12.0. The van der Waals surface area contributed by atoms with Crippen LogP contribution in [-0.2, 0) is 6.05 Å². The number of nitrogens with zero attached hydrogens (tertiary/aromatic N) is 4. The van der Waals surface area contributed by atoms with Gasteiger partial charge in [-0.25, -0.2) is 0 Å². The third kappa shape index (κ3) is 4.18. The van der Waals surface area contributed by atoms with Gasteiger partial charge in [-0.1, -0.05) is 18.9 Å². The van der Waals surface area contributed by atoms with E-state index in [1.165, 1.54) is 18.3 Å². The number of fused-ring (bicyclic) bond motifs is 1. The Bertz CT molecular complexity index is 1140. The van der Waals surface area contributed by atoms with Gasteiger partial charge in [0.25, 0.3) is 5.91 Å². The van der Waals surface area contributed by atoms with E-state index in [1.807, 2.05) is 0 Å². The molecule has 0 saturated heterocycles. The molecule has 1 aliphatic carbocycles. The number of nitrogens with one attached hydrogen (secondary N) is 2. The first-order valence-electron chi connectivity index (χ1n) is 10.2. The van der Waals surface area contributed by atoms with Crippen LogP contribution in [0.3, 0.4) is 0 Å². The number of hydrogen-bond acceptors (Lipinski definition) is 8. The van der Waals surface area contributed by atoms with Crippen LogP contribution in [0.25, 0.3) is 10.9 Å². The minimum absolute atomic E-state index is 0.0315. The first kappa shape index (κ1) is 21.8. The van der Waals surface area contributed by atoms with Gasteiger partial charge in [0, 0.05) is 29.4 Å². The number of aliphatic hydroxyl groups excluding tert-OH is 1. The lowest BCUT2D eigenvalue weighted by Crippen LogP contribution is -2.43. The van der Waals surface area contributed by atoms with Crippen molar-refractivity contribution in [1.82, 2.24) is 19.7 Å². The lowest BCUT2D eigenvalue weighted by molar-refractivity contribution is -0.117. The summed E-state index contributed by atoms with van der Waals surface area (Å²) in [5, 5.41) is 23.4. The smallest absolute Gasteiger partial charge is 0.352 e. The zero-order chi connectivity index (χ0) is 22.9. The van der Waals surface area contributed by atoms with Crippen molar-refractivity contribution >= 4 is 34.3 Å². The van der Waals surface area contributed by atoms with Gasteiger partial charge in [-0.3, -0.25) is 9.36 Å². The molecule has 1 amide bonds. The zero-order valence-electron chi connectivity index (χ0n) is 17.1. The highest BCUT2D eigenvalue weighted by atomic mass is 19.3. The molecule has 2 aromatic heterocycles. The number of amides is 1. The fourth-order valence-electron chi connectivity index (χ4n) is 3.91. The molecule has 12 heteroatoms. The van der Waals surface area contributed by atoms with E-state index in [4.69, 9.17) is 16.6 Å². The Kier molecular flexibility index (Phi) is 5.89. The maximum atomic E-state index is 14.1. The molecule has 1 fully saturated rings. The van der Waals surface area contributed by atoms with Crippen molar-refractivity contribution in [3.63, 3.8) is 0 Å². The third-order valence-corrected chi connectivity index (χ3v) is 5.58. The second-order valence-corrected chi connectivity index (χ2v) is 7.77. The first-order valence-corrected chi connectivity index (χ1v) is 10.2. The van der Waals surface area contributed by atoms with Gasteiger partial charge in [0.1, 0.15) is 6.61 Å². The maximum absolute atomic E-state index is 14.1. The minimum atomic E-state index is -3.47. The Labute approximate surface area is 182 Å². The molecule has 0 unspecified atom stereocenters. The molecule has 10 nitrogen and oxygen atoms in total. The summed E-state index contributed by atoms with van der Waals surface area (Å²) in [5.74, 6) is -0.630. The minimum Gasteiger partial charge on any atom is -0.388 e. The number of anilines is 3. The topological polar surface area (TPSA) is 157 Å². The van der Waals surface area contributed by atoms with E-state index in [-0.39, 0.29) is 35.1 Å². The fraction of sp³-hybridized carbons (Fsp3) is 0.400. The molecule has 4 rings (SSSR count). The second kappa shape index (κ2) is 8.63. The highest BCUT2D eigenvalue weighted by molar-refractivity contribution is 5.99. The maximum Gasteiger partial charge on any atom is 0.352 e. The number of alkyl halides is 2. The number of halogens is 2. The largest absolute Gasteiger partial charge is 0.388 e. The van der Waals surface area contributed by atoms with Gasteiger partial charge in [-0.15, -0.1) is 10.2 Å². The van der Waals surface area contributed by atoms with E-state index in [0.29, 0.717) is 15.6 Å². The Morgan fingerprint density at radius 3 is 2.75 bits per heavy atom. The number of aliphatic hydroxyl groups is 1. The van der Waals surface area contributed by atoms with Crippen LogP contribution in [0.2, 0.25) is 0 Å². The predicted molar refractivity (Wildman–Crippen MR) is 115 cm³/mol. The Morgan fingerprint density at radius 2 is 2.03 bits per heavy atom. The number of primary amides is 1. The van der Waals surface area contributed by atoms with E-state index in [1.54, 1.807) is 12.1 Å². The lowest BCUT2D eigenvalue weighted by atomic mass is 9.91. The molecule has 1 aromatic carbocycles. The molecule has 2 atom stereocenters. The van der Waals surface area contributed by atoms with Gasteiger partial charge >= 0.3 is 6.05 Å². The summed E-state index contributed by atoms with van der Waals surface area (Å²) >= 11 is 0. The molecule has 2 heterocycles. The molecule has 170 valence electrons. The van der Waals surface area contributed by atoms with Gasteiger partial charge in [-0.2, -0.15) is 13.8 Å². The third-order valence-electron chi connectivity index (χ3n) is 5.58. The van der Waals surface area contributed by atoms with Crippen LogP contribution in [0, 0.1) is 0 Å². The van der Waals surface area contributed by atoms with E-state index < -0.39 is 18.6 Å². The van der Waals surface area contributed by atoms with Crippen molar-refractivity contribution < 1.29 is 18.7 Å². The Morgan fingerprint density at radius 1 is 1.25 bits per heavy atom. The van der Waals surface area contributed by atoms with Crippen molar-refractivity contribution in [1.29, 1.82) is 0 Å². The van der Waals surface area contributed by atoms with Crippen LogP contribution < -0.4 is 22.1 Å². The molecule has 1 saturated carbocycles. The molecule has 0 aliphatic heterocycles. The Hall–Kier alpha value is -3.38. The molecule has 7 N–H and O–H groups in total. The predicted octanol–water partition coefficient (Wildman–Crippen LogP) is 1.89.